The third kappa shape index (κ3) is 3.29. The maximum Gasteiger partial charge on any atom is 0.420 e. The van der Waals surface area contributed by atoms with Crippen molar-refractivity contribution in [2.24, 2.45) is 0 Å². The summed E-state index contributed by atoms with van der Waals surface area (Å²) in [7, 11) is 1.56. The van der Waals surface area contributed by atoms with Gasteiger partial charge in [-0.25, -0.2) is 4.98 Å². The van der Waals surface area contributed by atoms with Crippen molar-refractivity contribution in [3.05, 3.63) is 29.2 Å². The third-order valence-electron chi connectivity index (χ3n) is 2.77. The van der Waals surface area contributed by atoms with E-state index in [2.05, 4.69) is 10.3 Å². The third-order valence-corrected chi connectivity index (χ3v) is 2.77. The second-order valence-corrected chi connectivity index (χ2v) is 4.39. The highest BCUT2D eigenvalue weighted by Gasteiger charge is 2.35. The van der Waals surface area contributed by atoms with Crippen molar-refractivity contribution in [3.63, 3.8) is 0 Å². The predicted molar refractivity (Wildman–Crippen MR) is 67.3 cm³/mol. The molecule has 1 aromatic carbocycles. The van der Waals surface area contributed by atoms with Gasteiger partial charge in [0.15, 0.2) is 11.5 Å². The fraction of sp³-hybridized carbons (Fsp3) is 0.462. The molecule has 0 bridgehead atoms. The van der Waals surface area contributed by atoms with Crippen molar-refractivity contribution in [2.45, 2.75) is 19.6 Å². The number of methoxy groups -OCH3 is 1. The second-order valence-electron chi connectivity index (χ2n) is 4.39. The van der Waals surface area contributed by atoms with Crippen LogP contribution >= 0.6 is 0 Å². The van der Waals surface area contributed by atoms with E-state index in [0.29, 0.717) is 25.3 Å². The van der Waals surface area contributed by atoms with E-state index < -0.39 is 11.7 Å². The Hall–Kier alpha value is -1.60. The molecular formula is C13H15F3N2O2. The summed E-state index contributed by atoms with van der Waals surface area (Å²) in [6.07, 6.45) is -4.47. The van der Waals surface area contributed by atoms with Crippen LogP contribution in [0.1, 0.15) is 17.0 Å². The minimum absolute atomic E-state index is 0.212. The quantitative estimate of drug-likeness (QED) is 0.859. The second kappa shape index (κ2) is 5.80. The lowest BCUT2D eigenvalue weighted by molar-refractivity contribution is -0.136. The number of fused-ring (bicyclic) bond motifs is 1. The molecule has 0 aliphatic heterocycles. The molecule has 0 aliphatic carbocycles. The highest BCUT2D eigenvalue weighted by Crippen LogP contribution is 2.36. The van der Waals surface area contributed by atoms with E-state index >= 15 is 0 Å². The molecule has 0 radical (unpaired) electrons. The zero-order valence-electron chi connectivity index (χ0n) is 11.2. The van der Waals surface area contributed by atoms with Crippen molar-refractivity contribution in [1.29, 1.82) is 0 Å². The Kier molecular flexibility index (Phi) is 4.29. The van der Waals surface area contributed by atoms with Crippen molar-refractivity contribution in [2.75, 3.05) is 20.3 Å². The van der Waals surface area contributed by atoms with E-state index in [1.54, 1.807) is 13.2 Å². The van der Waals surface area contributed by atoms with Gasteiger partial charge in [0.2, 0.25) is 0 Å². The van der Waals surface area contributed by atoms with Crippen molar-refractivity contribution >= 4 is 11.1 Å². The van der Waals surface area contributed by atoms with Gasteiger partial charge in [-0.15, -0.1) is 0 Å². The first-order valence-corrected chi connectivity index (χ1v) is 6.08. The van der Waals surface area contributed by atoms with Crippen LogP contribution < -0.4 is 5.32 Å². The number of aryl methyl sites for hydroxylation is 1. The molecule has 2 aromatic rings. The number of alkyl halides is 3. The Morgan fingerprint density at radius 2 is 2.10 bits per heavy atom. The first-order chi connectivity index (χ1) is 9.41. The lowest BCUT2D eigenvalue weighted by Gasteiger charge is -2.10. The van der Waals surface area contributed by atoms with Gasteiger partial charge >= 0.3 is 6.18 Å². The summed E-state index contributed by atoms with van der Waals surface area (Å²) in [6, 6.07) is 2.69. The highest BCUT2D eigenvalue weighted by atomic mass is 19.4. The number of nitrogens with one attached hydrogen (secondary N) is 1. The highest BCUT2D eigenvalue weighted by molar-refractivity contribution is 5.78. The van der Waals surface area contributed by atoms with Crippen LogP contribution in [0.15, 0.2) is 16.5 Å². The van der Waals surface area contributed by atoms with Crippen LogP contribution in [0, 0.1) is 6.92 Å². The molecule has 4 nitrogen and oxygen atoms in total. The predicted octanol–water partition coefficient (Wildman–Crippen LogP) is 2.89. The molecule has 0 unspecified atom stereocenters. The smallest absolute Gasteiger partial charge is 0.420 e. The molecule has 0 fully saturated rings. The summed E-state index contributed by atoms with van der Waals surface area (Å²) in [4.78, 5) is 3.97. The molecule has 0 atom stereocenters. The number of hydrogen-bond donors (Lipinski definition) is 1. The Morgan fingerprint density at radius 1 is 1.35 bits per heavy atom. The summed E-state index contributed by atoms with van der Waals surface area (Å²) in [5.41, 5.74) is -0.273. The van der Waals surface area contributed by atoms with Gasteiger partial charge < -0.3 is 14.5 Å². The molecule has 0 amide bonds. The van der Waals surface area contributed by atoms with Crippen molar-refractivity contribution < 1.29 is 22.3 Å². The summed E-state index contributed by atoms with van der Waals surface area (Å²) in [6.45, 7) is 2.90. The van der Waals surface area contributed by atoms with E-state index in [9.17, 15) is 13.2 Å². The molecule has 0 aliphatic rings. The van der Waals surface area contributed by atoms with Crippen LogP contribution in [0.3, 0.4) is 0 Å². The average molecular weight is 288 g/mol. The van der Waals surface area contributed by atoms with Gasteiger partial charge in [0, 0.05) is 27.1 Å². The number of oxazole rings is 1. The minimum Gasteiger partial charge on any atom is -0.440 e. The van der Waals surface area contributed by atoms with Gasteiger partial charge in [0.25, 0.3) is 0 Å². The van der Waals surface area contributed by atoms with Gasteiger partial charge in [-0.2, -0.15) is 13.2 Å². The number of benzene rings is 1. The number of aromatic nitrogens is 1. The van der Waals surface area contributed by atoms with Gasteiger partial charge in [-0.3, -0.25) is 0 Å². The maximum atomic E-state index is 13.0. The summed E-state index contributed by atoms with van der Waals surface area (Å²) in [5, 5.41) is 3.00. The Labute approximate surface area is 113 Å². The fourth-order valence-electron chi connectivity index (χ4n) is 1.92. The standard InChI is InChI=1S/C13H15F3N2O2/c1-8-18-11-6-9(7-17-3-4-19-2)5-10(12(11)20-8)13(14,15)16/h5-6,17H,3-4,7H2,1-2H3. The maximum absolute atomic E-state index is 13.0. The molecule has 1 heterocycles. The van der Waals surface area contributed by atoms with Crippen LogP contribution in [0.4, 0.5) is 13.2 Å². The number of halogens is 3. The minimum atomic E-state index is -4.47. The van der Waals surface area contributed by atoms with Crippen LogP contribution in [0.25, 0.3) is 11.1 Å². The van der Waals surface area contributed by atoms with Crippen LogP contribution in [-0.2, 0) is 17.5 Å². The normalized spacial score (nSPS) is 12.2. The molecular weight excluding hydrogens is 273 g/mol. The van der Waals surface area contributed by atoms with E-state index in [1.807, 2.05) is 0 Å². The first kappa shape index (κ1) is 14.8. The molecule has 0 saturated heterocycles. The summed E-state index contributed by atoms with van der Waals surface area (Å²) in [5.74, 6) is 0.218. The van der Waals surface area contributed by atoms with Crippen LogP contribution in [-0.4, -0.2) is 25.2 Å². The van der Waals surface area contributed by atoms with Crippen LogP contribution in [0.5, 0.6) is 0 Å². The topological polar surface area (TPSA) is 47.3 Å². The van der Waals surface area contributed by atoms with Crippen LogP contribution in [0.2, 0.25) is 0 Å². The van der Waals surface area contributed by atoms with E-state index in [4.69, 9.17) is 9.15 Å². The Morgan fingerprint density at radius 3 is 2.75 bits per heavy atom. The number of rotatable bonds is 5. The lowest BCUT2D eigenvalue weighted by Crippen LogP contribution is -2.19. The molecule has 110 valence electrons. The van der Waals surface area contributed by atoms with E-state index in [0.717, 1.165) is 6.07 Å². The molecule has 20 heavy (non-hydrogen) atoms. The number of hydrogen-bond acceptors (Lipinski definition) is 4. The van der Waals surface area contributed by atoms with Gasteiger partial charge in [0.1, 0.15) is 11.1 Å². The van der Waals surface area contributed by atoms with Crippen molar-refractivity contribution in [3.8, 4) is 0 Å². The van der Waals surface area contributed by atoms with E-state index in [1.165, 1.54) is 6.92 Å². The number of ether oxygens (including phenoxy) is 1. The summed E-state index contributed by atoms with van der Waals surface area (Å²) >= 11 is 0. The zero-order chi connectivity index (χ0) is 14.8. The van der Waals surface area contributed by atoms with E-state index in [-0.39, 0.29) is 17.0 Å². The molecule has 7 heteroatoms. The van der Waals surface area contributed by atoms with Gasteiger partial charge in [-0.1, -0.05) is 0 Å². The molecule has 1 aromatic heterocycles. The zero-order valence-corrected chi connectivity index (χ0v) is 11.2. The average Bonchev–Trinajstić information content (AvgIpc) is 2.72. The van der Waals surface area contributed by atoms with Gasteiger partial charge in [0.05, 0.1) is 6.61 Å². The summed E-state index contributed by atoms with van der Waals surface area (Å²) < 4.78 is 49.0. The van der Waals surface area contributed by atoms with Gasteiger partial charge in [-0.05, 0) is 17.7 Å². The van der Waals surface area contributed by atoms with Crippen molar-refractivity contribution in [1.82, 2.24) is 10.3 Å². The number of nitrogens with zero attached hydrogens (tertiary/aromatic N) is 1. The first-order valence-electron chi connectivity index (χ1n) is 6.08. The SMILES string of the molecule is COCCNCc1cc(C(F)(F)F)c2oc(C)nc2c1. The largest absolute Gasteiger partial charge is 0.440 e. The Bertz CT molecular complexity index is 593. The monoisotopic (exact) mass is 288 g/mol. The molecule has 0 spiro atoms. The molecule has 2 rings (SSSR count). The lowest BCUT2D eigenvalue weighted by atomic mass is 10.1. The molecule has 0 saturated carbocycles. The Balaban J connectivity index is 2.32. The molecule has 1 N–H and O–H groups in total. The fourth-order valence-corrected chi connectivity index (χ4v) is 1.92.